The largest absolute Gasteiger partial charge is 0.545 e. The maximum atomic E-state index is 11.4. The fraction of sp³-hybridized carbons (Fsp3) is 0.167. The first-order valence-electron chi connectivity index (χ1n) is 5.13. The quantitative estimate of drug-likeness (QED) is 0.824. The van der Waals surface area contributed by atoms with E-state index in [0.717, 1.165) is 0 Å². The van der Waals surface area contributed by atoms with Crippen LogP contribution in [0.4, 0.5) is 0 Å². The number of pyridine rings is 1. The normalized spacial score (nSPS) is 10.4. The molecule has 2 rings (SSSR count). The van der Waals surface area contributed by atoms with Gasteiger partial charge in [0.15, 0.2) is 0 Å². The zero-order valence-electron chi connectivity index (χ0n) is 9.15. The molecule has 5 nitrogen and oxygen atoms in total. The number of benzene rings is 1. The Morgan fingerprint density at radius 1 is 1.41 bits per heavy atom. The van der Waals surface area contributed by atoms with Crippen molar-refractivity contribution in [3.8, 4) is 5.75 Å². The van der Waals surface area contributed by atoms with E-state index in [-0.39, 0.29) is 5.56 Å². The van der Waals surface area contributed by atoms with Gasteiger partial charge in [0.05, 0.1) is 23.7 Å². The van der Waals surface area contributed by atoms with E-state index < -0.39 is 11.5 Å². The number of aromatic carboxylic acids is 1. The van der Waals surface area contributed by atoms with Gasteiger partial charge < -0.3 is 19.6 Å². The fourth-order valence-electron chi connectivity index (χ4n) is 1.59. The summed E-state index contributed by atoms with van der Waals surface area (Å²) < 4.78 is 5.28. The van der Waals surface area contributed by atoms with Crippen molar-refractivity contribution < 1.29 is 14.6 Å². The standard InChI is InChI=1S/C12H11NO4/c1-2-17-8-4-3-7-5-9(12(15)16)11(14)13-10(7)6-8/h3-6H,2H2,1H3,(H,13,14)(H,15,16)/p-1. The van der Waals surface area contributed by atoms with Crippen molar-refractivity contribution in [2.45, 2.75) is 6.92 Å². The third-order valence-corrected chi connectivity index (χ3v) is 2.35. The average molecular weight is 232 g/mol. The molecule has 0 aliphatic rings. The van der Waals surface area contributed by atoms with Crippen LogP contribution in [0.25, 0.3) is 10.9 Å². The number of hydrogen-bond acceptors (Lipinski definition) is 4. The molecule has 0 spiro atoms. The van der Waals surface area contributed by atoms with Gasteiger partial charge in [0.2, 0.25) is 0 Å². The molecule has 0 unspecified atom stereocenters. The zero-order valence-corrected chi connectivity index (χ0v) is 9.15. The Hall–Kier alpha value is -2.30. The Bertz CT molecular complexity index is 630. The summed E-state index contributed by atoms with van der Waals surface area (Å²) in [5.74, 6) is -0.862. The first kappa shape index (κ1) is 11.2. The highest BCUT2D eigenvalue weighted by Crippen LogP contribution is 2.18. The van der Waals surface area contributed by atoms with Crippen LogP contribution in [0, 0.1) is 0 Å². The number of nitrogens with one attached hydrogen (secondary N) is 1. The SMILES string of the molecule is CCOc1ccc2cc(C(=O)[O-])c(=O)[nH]c2c1. The molecule has 17 heavy (non-hydrogen) atoms. The molecule has 1 aromatic carbocycles. The molecule has 1 aromatic heterocycles. The van der Waals surface area contributed by atoms with Crippen molar-refractivity contribution in [1.29, 1.82) is 0 Å². The van der Waals surface area contributed by atoms with Gasteiger partial charge in [-0.2, -0.15) is 0 Å². The highest BCUT2D eigenvalue weighted by molar-refractivity contribution is 5.91. The second kappa shape index (κ2) is 4.29. The van der Waals surface area contributed by atoms with Gasteiger partial charge in [-0.25, -0.2) is 0 Å². The lowest BCUT2D eigenvalue weighted by molar-refractivity contribution is -0.255. The maximum Gasteiger partial charge on any atom is 0.257 e. The van der Waals surface area contributed by atoms with Crippen LogP contribution in [0.15, 0.2) is 29.1 Å². The summed E-state index contributed by atoms with van der Waals surface area (Å²) in [6.07, 6.45) is 0. The van der Waals surface area contributed by atoms with Gasteiger partial charge in [0.1, 0.15) is 5.75 Å². The Kier molecular flexibility index (Phi) is 2.82. The Labute approximate surface area is 96.7 Å². The number of ether oxygens (including phenoxy) is 1. The molecule has 1 heterocycles. The number of fused-ring (bicyclic) bond motifs is 1. The molecule has 0 radical (unpaired) electrons. The van der Waals surface area contributed by atoms with Gasteiger partial charge >= 0.3 is 0 Å². The van der Waals surface area contributed by atoms with E-state index in [1.807, 2.05) is 6.92 Å². The lowest BCUT2D eigenvalue weighted by atomic mass is 10.1. The predicted molar refractivity (Wildman–Crippen MR) is 60.1 cm³/mol. The average Bonchev–Trinajstić information content (AvgIpc) is 2.28. The predicted octanol–water partition coefficient (Wildman–Crippen LogP) is 0.290. The molecule has 0 aliphatic carbocycles. The number of H-pyrrole nitrogens is 1. The molecule has 5 heteroatoms. The van der Waals surface area contributed by atoms with Crippen LogP contribution in [0.1, 0.15) is 17.3 Å². The number of carbonyl (C=O) groups excluding carboxylic acids is 1. The lowest BCUT2D eigenvalue weighted by Gasteiger charge is -2.06. The Balaban J connectivity index is 2.62. The fourth-order valence-corrected chi connectivity index (χ4v) is 1.59. The summed E-state index contributed by atoms with van der Waals surface area (Å²) in [5.41, 5.74) is -0.515. The summed E-state index contributed by atoms with van der Waals surface area (Å²) in [7, 11) is 0. The molecule has 0 saturated heterocycles. The monoisotopic (exact) mass is 232 g/mol. The van der Waals surface area contributed by atoms with E-state index >= 15 is 0 Å². The van der Waals surface area contributed by atoms with E-state index in [2.05, 4.69) is 4.98 Å². The van der Waals surface area contributed by atoms with Crippen molar-refractivity contribution in [1.82, 2.24) is 4.98 Å². The molecule has 0 amide bonds. The number of aromatic nitrogens is 1. The number of carboxylic acid groups (broad SMARTS) is 1. The van der Waals surface area contributed by atoms with Crippen LogP contribution >= 0.6 is 0 Å². The molecule has 0 saturated carbocycles. The van der Waals surface area contributed by atoms with Gasteiger partial charge in [-0.1, -0.05) is 0 Å². The summed E-state index contributed by atoms with van der Waals surface area (Å²) in [4.78, 5) is 24.6. The van der Waals surface area contributed by atoms with E-state index in [9.17, 15) is 14.7 Å². The van der Waals surface area contributed by atoms with E-state index in [4.69, 9.17) is 4.74 Å². The number of carboxylic acids is 1. The first-order valence-corrected chi connectivity index (χ1v) is 5.13. The molecule has 0 fully saturated rings. The van der Waals surface area contributed by atoms with Crippen molar-refractivity contribution in [3.63, 3.8) is 0 Å². The van der Waals surface area contributed by atoms with Gasteiger partial charge in [-0.05, 0) is 30.5 Å². The number of hydrogen-bond donors (Lipinski definition) is 1. The second-order valence-corrected chi connectivity index (χ2v) is 3.48. The number of carbonyl (C=O) groups is 1. The smallest absolute Gasteiger partial charge is 0.257 e. The molecule has 0 atom stereocenters. The number of rotatable bonds is 3. The van der Waals surface area contributed by atoms with Crippen LogP contribution in [-0.4, -0.2) is 17.6 Å². The van der Waals surface area contributed by atoms with Crippen LogP contribution < -0.4 is 15.4 Å². The van der Waals surface area contributed by atoms with Gasteiger partial charge in [0, 0.05) is 6.07 Å². The summed E-state index contributed by atoms with van der Waals surface area (Å²) >= 11 is 0. The van der Waals surface area contributed by atoms with Crippen LogP contribution in [-0.2, 0) is 0 Å². The van der Waals surface area contributed by atoms with Crippen LogP contribution in [0.2, 0.25) is 0 Å². The minimum Gasteiger partial charge on any atom is -0.545 e. The topological polar surface area (TPSA) is 82.2 Å². The Morgan fingerprint density at radius 3 is 2.82 bits per heavy atom. The Morgan fingerprint density at radius 2 is 2.18 bits per heavy atom. The summed E-state index contributed by atoms with van der Waals surface area (Å²) in [6, 6.07) is 6.34. The van der Waals surface area contributed by atoms with Crippen LogP contribution in [0.5, 0.6) is 5.75 Å². The zero-order chi connectivity index (χ0) is 12.4. The molecule has 1 N–H and O–H groups in total. The number of aromatic amines is 1. The molecule has 0 aliphatic heterocycles. The van der Waals surface area contributed by atoms with E-state index in [1.54, 1.807) is 18.2 Å². The third-order valence-electron chi connectivity index (χ3n) is 2.35. The van der Waals surface area contributed by atoms with Crippen molar-refractivity contribution >= 4 is 16.9 Å². The highest BCUT2D eigenvalue weighted by Gasteiger charge is 2.04. The molecular formula is C12H10NO4-. The first-order chi connectivity index (χ1) is 8.11. The molecule has 2 aromatic rings. The van der Waals surface area contributed by atoms with E-state index in [0.29, 0.717) is 23.3 Å². The summed E-state index contributed by atoms with van der Waals surface area (Å²) in [5, 5.41) is 11.3. The maximum absolute atomic E-state index is 11.4. The van der Waals surface area contributed by atoms with Gasteiger partial charge in [-0.15, -0.1) is 0 Å². The summed E-state index contributed by atoms with van der Waals surface area (Å²) in [6.45, 7) is 2.37. The second-order valence-electron chi connectivity index (χ2n) is 3.48. The van der Waals surface area contributed by atoms with Crippen molar-refractivity contribution in [2.75, 3.05) is 6.61 Å². The van der Waals surface area contributed by atoms with Crippen LogP contribution in [0.3, 0.4) is 0 Å². The van der Waals surface area contributed by atoms with Gasteiger partial charge in [-0.3, -0.25) is 4.79 Å². The van der Waals surface area contributed by atoms with Crippen molar-refractivity contribution in [2.24, 2.45) is 0 Å². The van der Waals surface area contributed by atoms with Crippen molar-refractivity contribution in [3.05, 3.63) is 40.2 Å². The minimum atomic E-state index is -1.48. The third kappa shape index (κ3) is 2.13. The molecule has 0 bridgehead atoms. The highest BCUT2D eigenvalue weighted by atomic mass is 16.5. The molecule has 88 valence electrons. The van der Waals surface area contributed by atoms with Gasteiger partial charge in [0.25, 0.3) is 5.56 Å². The minimum absolute atomic E-state index is 0.373. The molecular weight excluding hydrogens is 222 g/mol. The van der Waals surface area contributed by atoms with E-state index in [1.165, 1.54) is 6.07 Å². The lowest BCUT2D eigenvalue weighted by Crippen LogP contribution is -2.29.